The summed E-state index contributed by atoms with van der Waals surface area (Å²) >= 11 is 0. The number of aliphatic hydroxyl groups is 1. The van der Waals surface area contributed by atoms with E-state index in [-0.39, 0.29) is 18.6 Å². The fourth-order valence-corrected chi connectivity index (χ4v) is 1.25. The zero-order valence-corrected chi connectivity index (χ0v) is 7.83. The van der Waals surface area contributed by atoms with E-state index in [1.54, 1.807) is 0 Å². The molecule has 3 nitrogen and oxygen atoms in total. The molecule has 1 unspecified atom stereocenters. The van der Waals surface area contributed by atoms with Gasteiger partial charge in [-0.3, -0.25) is 4.98 Å². The van der Waals surface area contributed by atoms with Crippen LogP contribution in [0, 0.1) is 0 Å². The highest BCUT2D eigenvalue weighted by molar-refractivity contribution is 5.25. The number of rotatable bonds is 3. The second-order valence-corrected chi connectivity index (χ2v) is 3.06. The SMILES string of the molecule is NC(CCO)c1cccnc1C(F)(F)F. The number of alkyl halides is 3. The van der Waals surface area contributed by atoms with Crippen molar-refractivity contribution < 1.29 is 18.3 Å². The third-order valence-corrected chi connectivity index (χ3v) is 1.95. The van der Waals surface area contributed by atoms with Crippen molar-refractivity contribution in [2.45, 2.75) is 18.6 Å². The van der Waals surface area contributed by atoms with Crippen LogP contribution in [-0.2, 0) is 6.18 Å². The topological polar surface area (TPSA) is 59.1 Å². The lowest BCUT2D eigenvalue weighted by molar-refractivity contribution is -0.142. The molecule has 0 radical (unpaired) electrons. The number of nitrogens with zero attached hydrogens (tertiary/aromatic N) is 1. The number of nitrogens with two attached hydrogens (primary N) is 1. The molecule has 15 heavy (non-hydrogen) atoms. The van der Waals surface area contributed by atoms with E-state index in [2.05, 4.69) is 4.98 Å². The number of hydrogen-bond donors (Lipinski definition) is 2. The molecule has 84 valence electrons. The molecule has 0 spiro atoms. The minimum Gasteiger partial charge on any atom is -0.396 e. The van der Waals surface area contributed by atoms with Crippen LogP contribution in [0.1, 0.15) is 23.7 Å². The van der Waals surface area contributed by atoms with Crippen LogP contribution in [-0.4, -0.2) is 16.7 Å². The van der Waals surface area contributed by atoms with Crippen LogP contribution in [0.2, 0.25) is 0 Å². The molecule has 1 heterocycles. The van der Waals surface area contributed by atoms with Gasteiger partial charge < -0.3 is 10.8 Å². The minimum atomic E-state index is -4.51. The van der Waals surface area contributed by atoms with Crippen LogP contribution in [0.3, 0.4) is 0 Å². The number of halogens is 3. The maximum atomic E-state index is 12.5. The summed E-state index contributed by atoms with van der Waals surface area (Å²) in [5.41, 5.74) is 4.44. The van der Waals surface area contributed by atoms with Crippen LogP contribution in [0.25, 0.3) is 0 Å². The van der Waals surface area contributed by atoms with Gasteiger partial charge in [0.1, 0.15) is 5.69 Å². The monoisotopic (exact) mass is 220 g/mol. The first-order valence-corrected chi connectivity index (χ1v) is 4.35. The standard InChI is InChI=1S/C9H11F3N2O/c10-9(11,12)8-6(2-1-4-14-8)7(13)3-5-15/h1-2,4,7,15H,3,5,13H2. The largest absolute Gasteiger partial charge is 0.433 e. The fraction of sp³-hybridized carbons (Fsp3) is 0.444. The van der Waals surface area contributed by atoms with E-state index in [9.17, 15) is 13.2 Å². The summed E-state index contributed by atoms with van der Waals surface area (Å²) in [6, 6.07) is 1.82. The summed E-state index contributed by atoms with van der Waals surface area (Å²) in [4.78, 5) is 3.27. The minimum absolute atomic E-state index is 0.0781. The normalized spacial score (nSPS) is 13.9. The molecule has 0 saturated heterocycles. The van der Waals surface area contributed by atoms with E-state index < -0.39 is 17.9 Å². The lowest BCUT2D eigenvalue weighted by Crippen LogP contribution is -2.19. The van der Waals surface area contributed by atoms with Crippen molar-refractivity contribution in [3.8, 4) is 0 Å². The Balaban J connectivity index is 3.06. The van der Waals surface area contributed by atoms with Crippen molar-refractivity contribution in [1.82, 2.24) is 4.98 Å². The highest BCUT2D eigenvalue weighted by atomic mass is 19.4. The molecule has 0 aliphatic heterocycles. The summed E-state index contributed by atoms with van der Waals surface area (Å²) in [6.45, 7) is -0.257. The van der Waals surface area contributed by atoms with Crippen molar-refractivity contribution in [2.75, 3.05) is 6.61 Å². The highest BCUT2D eigenvalue weighted by Crippen LogP contribution is 2.32. The molecule has 0 amide bonds. The van der Waals surface area contributed by atoms with E-state index in [4.69, 9.17) is 10.8 Å². The lowest BCUT2D eigenvalue weighted by Gasteiger charge is -2.16. The quantitative estimate of drug-likeness (QED) is 0.811. The third-order valence-electron chi connectivity index (χ3n) is 1.95. The van der Waals surface area contributed by atoms with Gasteiger partial charge in [0.05, 0.1) is 0 Å². The predicted octanol–water partition coefficient (Wildman–Crippen LogP) is 1.48. The molecule has 0 aromatic carbocycles. The summed E-state index contributed by atoms with van der Waals surface area (Å²) in [7, 11) is 0. The third kappa shape index (κ3) is 2.90. The van der Waals surface area contributed by atoms with E-state index in [0.29, 0.717) is 0 Å². The van der Waals surface area contributed by atoms with Crippen LogP contribution in [0.5, 0.6) is 0 Å². The molecule has 0 bridgehead atoms. The Morgan fingerprint density at radius 3 is 2.67 bits per heavy atom. The molecule has 1 atom stereocenters. The van der Waals surface area contributed by atoms with Crippen LogP contribution >= 0.6 is 0 Å². The molecule has 1 rings (SSSR count). The van der Waals surface area contributed by atoms with Crippen molar-refractivity contribution in [1.29, 1.82) is 0 Å². The molecule has 0 saturated carbocycles. The van der Waals surface area contributed by atoms with Gasteiger partial charge in [0.25, 0.3) is 0 Å². The van der Waals surface area contributed by atoms with Gasteiger partial charge in [-0.05, 0) is 18.1 Å². The van der Waals surface area contributed by atoms with Crippen LogP contribution in [0.4, 0.5) is 13.2 Å². The number of aliphatic hydroxyl groups excluding tert-OH is 1. The van der Waals surface area contributed by atoms with E-state index in [1.165, 1.54) is 12.1 Å². The van der Waals surface area contributed by atoms with E-state index in [1.807, 2.05) is 0 Å². The second-order valence-electron chi connectivity index (χ2n) is 3.06. The predicted molar refractivity (Wildman–Crippen MR) is 47.9 cm³/mol. The van der Waals surface area contributed by atoms with Gasteiger partial charge in [-0.2, -0.15) is 13.2 Å². The van der Waals surface area contributed by atoms with Crippen molar-refractivity contribution in [3.05, 3.63) is 29.6 Å². The molecular formula is C9H11F3N2O. The van der Waals surface area contributed by atoms with Gasteiger partial charge in [0, 0.05) is 18.8 Å². The maximum Gasteiger partial charge on any atom is 0.433 e. The smallest absolute Gasteiger partial charge is 0.396 e. The molecule has 0 fully saturated rings. The second kappa shape index (κ2) is 4.59. The van der Waals surface area contributed by atoms with Crippen LogP contribution in [0.15, 0.2) is 18.3 Å². The molecule has 6 heteroatoms. The Labute approximate surface area is 84.7 Å². The number of aromatic nitrogens is 1. The Kier molecular flexibility index (Phi) is 3.65. The Bertz CT molecular complexity index is 327. The molecule has 3 N–H and O–H groups in total. The summed E-state index contributed by atoms with van der Waals surface area (Å²) in [5.74, 6) is 0. The Morgan fingerprint density at radius 1 is 1.47 bits per heavy atom. The number of pyridine rings is 1. The van der Waals surface area contributed by atoms with Gasteiger partial charge in [0.15, 0.2) is 0 Å². The van der Waals surface area contributed by atoms with Gasteiger partial charge in [0.2, 0.25) is 0 Å². The average molecular weight is 220 g/mol. The molecule has 0 aliphatic carbocycles. The Morgan fingerprint density at radius 2 is 2.13 bits per heavy atom. The Hall–Kier alpha value is -1.14. The van der Waals surface area contributed by atoms with Crippen molar-refractivity contribution in [3.63, 3.8) is 0 Å². The molecule has 1 aromatic heterocycles. The van der Waals surface area contributed by atoms with Gasteiger partial charge >= 0.3 is 6.18 Å². The fourth-order valence-electron chi connectivity index (χ4n) is 1.25. The van der Waals surface area contributed by atoms with Gasteiger partial charge in [-0.1, -0.05) is 6.07 Å². The van der Waals surface area contributed by atoms with Crippen molar-refractivity contribution >= 4 is 0 Å². The summed E-state index contributed by atoms with van der Waals surface area (Å²) in [5, 5.41) is 8.61. The first kappa shape index (κ1) is 11.9. The number of hydrogen-bond acceptors (Lipinski definition) is 3. The maximum absolute atomic E-state index is 12.5. The average Bonchev–Trinajstić information content (AvgIpc) is 2.17. The van der Waals surface area contributed by atoms with Gasteiger partial charge in [-0.15, -0.1) is 0 Å². The first-order valence-electron chi connectivity index (χ1n) is 4.35. The van der Waals surface area contributed by atoms with Crippen LogP contribution < -0.4 is 5.73 Å². The zero-order valence-electron chi connectivity index (χ0n) is 7.83. The zero-order chi connectivity index (χ0) is 11.5. The summed E-state index contributed by atoms with van der Waals surface area (Å²) in [6.07, 6.45) is -3.36. The molecule has 0 aliphatic rings. The molecular weight excluding hydrogens is 209 g/mol. The van der Waals surface area contributed by atoms with E-state index >= 15 is 0 Å². The van der Waals surface area contributed by atoms with E-state index in [0.717, 1.165) is 6.20 Å². The molecule has 1 aromatic rings. The first-order chi connectivity index (χ1) is 6.96. The van der Waals surface area contributed by atoms with Crippen molar-refractivity contribution in [2.24, 2.45) is 5.73 Å². The summed E-state index contributed by atoms with van der Waals surface area (Å²) < 4.78 is 37.4. The highest BCUT2D eigenvalue weighted by Gasteiger charge is 2.36. The van der Waals surface area contributed by atoms with Gasteiger partial charge in [-0.25, -0.2) is 0 Å². The lowest BCUT2D eigenvalue weighted by atomic mass is 10.0.